The minimum Gasteiger partial charge on any atom is -0.497 e. The number of aromatic nitrogens is 3. The van der Waals surface area contributed by atoms with E-state index in [4.69, 9.17) is 17.0 Å². The van der Waals surface area contributed by atoms with Gasteiger partial charge in [0.1, 0.15) is 5.75 Å². The number of amides is 2. The van der Waals surface area contributed by atoms with Crippen molar-refractivity contribution in [3.05, 3.63) is 29.0 Å². The molecule has 3 N–H and O–H groups in total. The highest BCUT2D eigenvalue weighted by atomic mass is 32.1. The van der Waals surface area contributed by atoms with Gasteiger partial charge in [-0.3, -0.25) is 19.3 Å². The molecule has 0 bridgehead atoms. The molecule has 0 fully saturated rings. The van der Waals surface area contributed by atoms with Crippen molar-refractivity contribution in [2.45, 2.75) is 19.9 Å². The lowest BCUT2D eigenvalue weighted by atomic mass is 10.2. The first kappa shape index (κ1) is 18.7. The van der Waals surface area contributed by atoms with Crippen LogP contribution in [-0.2, 0) is 16.1 Å². The van der Waals surface area contributed by atoms with Crippen LogP contribution in [0.5, 0.6) is 5.75 Å². The fraction of sp³-hybridized carbons (Fsp3) is 0.375. The van der Waals surface area contributed by atoms with Crippen LogP contribution in [0, 0.1) is 4.77 Å². The van der Waals surface area contributed by atoms with Crippen molar-refractivity contribution < 1.29 is 14.3 Å². The van der Waals surface area contributed by atoms with Gasteiger partial charge in [-0.25, -0.2) is 0 Å². The van der Waals surface area contributed by atoms with E-state index in [-0.39, 0.29) is 24.8 Å². The van der Waals surface area contributed by atoms with E-state index in [2.05, 4.69) is 20.8 Å². The van der Waals surface area contributed by atoms with Crippen molar-refractivity contribution in [3.8, 4) is 17.1 Å². The summed E-state index contributed by atoms with van der Waals surface area (Å²) >= 11 is 5.24. The summed E-state index contributed by atoms with van der Waals surface area (Å²) in [6.07, 6.45) is 0.191. The highest BCUT2D eigenvalue weighted by molar-refractivity contribution is 7.71. The molecular weight excluding hydrogens is 342 g/mol. The van der Waals surface area contributed by atoms with Crippen LogP contribution in [0.15, 0.2) is 24.3 Å². The summed E-state index contributed by atoms with van der Waals surface area (Å²) in [5, 5.41) is 12.2. The molecule has 134 valence electrons. The Labute approximate surface area is 150 Å². The Kier molecular flexibility index (Phi) is 6.70. The topological polar surface area (TPSA) is 101 Å². The standard InChI is InChI=1S/C16H21N5O3S/c1-3-17-14(23)10-18-13(22)8-9-21-15(19-20-16(21)25)11-4-6-12(24-2)7-5-11/h4-7H,3,8-10H2,1-2H3,(H,17,23)(H,18,22)(H,20,25). The zero-order valence-electron chi connectivity index (χ0n) is 14.2. The van der Waals surface area contributed by atoms with Gasteiger partial charge in [0, 0.05) is 25.1 Å². The maximum absolute atomic E-state index is 11.9. The number of hydrogen-bond acceptors (Lipinski definition) is 5. The van der Waals surface area contributed by atoms with E-state index >= 15 is 0 Å². The van der Waals surface area contributed by atoms with E-state index in [1.807, 2.05) is 31.2 Å². The quantitative estimate of drug-likeness (QED) is 0.613. The third-order valence-electron chi connectivity index (χ3n) is 3.49. The Morgan fingerprint density at radius 3 is 2.60 bits per heavy atom. The summed E-state index contributed by atoms with van der Waals surface area (Å²) < 4.78 is 7.33. The number of rotatable bonds is 8. The van der Waals surface area contributed by atoms with Crippen LogP contribution < -0.4 is 15.4 Å². The molecule has 2 amide bonds. The van der Waals surface area contributed by atoms with Crippen LogP contribution in [0.2, 0.25) is 0 Å². The predicted molar refractivity (Wildman–Crippen MR) is 95.7 cm³/mol. The number of nitrogens with one attached hydrogen (secondary N) is 3. The van der Waals surface area contributed by atoms with E-state index in [9.17, 15) is 9.59 Å². The SMILES string of the molecule is CCNC(=O)CNC(=O)CCn1c(-c2ccc(OC)cc2)n[nH]c1=S. The molecule has 0 aliphatic rings. The molecule has 0 unspecified atom stereocenters. The third-order valence-corrected chi connectivity index (χ3v) is 3.80. The number of ether oxygens (including phenoxy) is 1. The lowest BCUT2D eigenvalue weighted by Crippen LogP contribution is -2.37. The molecule has 1 heterocycles. The van der Waals surface area contributed by atoms with Crippen molar-refractivity contribution in [2.24, 2.45) is 0 Å². The Morgan fingerprint density at radius 1 is 1.24 bits per heavy atom. The summed E-state index contributed by atoms with van der Waals surface area (Å²) in [7, 11) is 1.60. The zero-order chi connectivity index (χ0) is 18.2. The van der Waals surface area contributed by atoms with Gasteiger partial charge in [0.05, 0.1) is 13.7 Å². The molecule has 2 aromatic rings. The van der Waals surface area contributed by atoms with E-state index in [1.165, 1.54) is 0 Å². The van der Waals surface area contributed by atoms with Crippen molar-refractivity contribution >= 4 is 24.0 Å². The second-order valence-corrected chi connectivity index (χ2v) is 5.60. The molecule has 1 aromatic heterocycles. The monoisotopic (exact) mass is 363 g/mol. The molecular formula is C16H21N5O3S. The molecule has 0 aliphatic carbocycles. The maximum atomic E-state index is 11.9. The van der Waals surface area contributed by atoms with E-state index in [0.29, 0.717) is 23.7 Å². The fourth-order valence-electron chi connectivity index (χ4n) is 2.23. The summed E-state index contributed by atoms with van der Waals surface area (Å²) in [4.78, 5) is 23.3. The van der Waals surface area contributed by atoms with Gasteiger partial charge in [0.2, 0.25) is 11.8 Å². The largest absolute Gasteiger partial charge is 0.497 e. The van der Waals surface area contributed by atoms with Crippen LogP contribution in [0.4, 0.5) is 0 Å². The summed E-state index contributed by atoms with van der Waals surface area (Å²) in [6.45, 7) is 2.68. The average molecular weight is 363 g/mol. The van der Waals surface area contributed by atoms with Crippen molar-refractivity contribution in [1.82, 2.24) is 25.4 Å². The second-order valence-electron chi connectivity index (χ2n) is 5.21. The number of likely N-dealkylation sites (N-methyl/N-ethyl adjacent to an activating group) is 1. The van der Waals surface area contributed by atoms with E-state index in [1.54, 1.807) is 11.7 Å². The van der Waals surface area contributed by atoms with Crippen molar-refractivity contribution in [1.29, 1.82) is 0 Å². The lowest BCUT2D eigenvalue weighted by Gasteiger charge is -2.08. The number of nitrogens with zero attached hydrogens (tertiary/aromatic N) is 2. The van der Waals surface area contributed by atoms with Crippen LogP contribution >= 0.6 is 12.2 Å². The number of carbonyl (C=O) groups is 2. The molecule has 0 saturated heterocycles. The molecule has 8 nitrogen and oxygen atoms in total. The van der Waals surface area contributed by atoms with E-state index < -0.39 is 0 Å². The van der Waals surface area contributed by atoms with Gasteiger partial charge >= 0.3 is 0 Å². The molecule has 0 radical (unpaired) electrons. The van der Waals surface area contributed by atoms with Crippen molar-refractivity contribution in [3.63, 3.8) is 0 Å². The van der Waals surface area contributed by atoms with Crippen molar-refractivity contribution in [2.75, 3.05) is 20.2 Å². The van der Waals surface area contributed by atoms with Crippen LogP contribution in [0.25, 0.3) is 11.4 Å². The zero-order valence-corrected chi connectivity index (χ0v) is 15.0. The van der Waals surface area contributed by atoms with Gasteiger partial charge in [-0.1, -0.05) is 0 Å². The number of benzene rings is 1. The normalized spacial score (nSPS) is 10.3. The minimum absolute atomic E-state index is 0.0329. The lowest BCUT2D eigenvalue weighted by molar-refractivity contribution is -0.126. The first-order chi connectivity index (χ1) is 12.0. The number of carbonyl (C=O) groups excluding carboxylic acids is 2. The molecule has 2 rings (SSSR count). The molecule has 1 aromatic carbocycles. The van der Waals surface area contributed by atoms with Gasteiger partial charge in [-0.2, -0.15) is 5.10 Å². The Balaban J connectivity index is 2.00. The molecule has 25 heavy (non-hydrogen) atoms. The first-order valence-electron chi connectivity index (χ1n) is 7.88. The van der Waals surface area contributed by atoms with Gasteiger partial charge in [0.25, 0.3) is 0 Å². The fourth-order valence-corrected chi connectivity index (χ4v) is 2.45. The number of aromatic amines is 1. The van der Waals surface area contributed by atoms with Gasteiger partial charge in [0.15, 0.2) is 10.6 Å². The summed E-state index contributed by atoms with van der Waals surface area (Å²) in [5.74, 6) is 0.947. The van der Waals surface area contributed by atoms with Gasteiger partial charge in [-0.05, 0) is 43.4 Å². The molecule has 9 heteroatoms. The minimum atomic E-state index is -0.227. The number of H-pyrrole nitrogens is 1. The number of hydrogen-bond donors (Lipinski definition) is 3. The predicted octanol–water partition coefficient (Wildman–Crippen LogP) is 1.26. The smallest absolute Gasteiger partial charge is 0.239 e. The highest BCUT2D eigenvalue weighted by Gasteiger charge is 2.11. The molecule has 0 saturated carbocycles. The van der Waals surface area contributed by atoms with Gasteiger partial charge in [-0.15, -0.1) is 0 Å². The average Bonchev–Trinajstić information content (AvgIpc) is 2.99. The Morgan fingerprint density at radius 2 is 1.96 bits per heavy atom. The van der Waals surface area contributed by atoms with Gasteiger partial charge < -0.3 is 15.4 Å². The highest BCUT2D eigenvalue weighted by Crippen LogP contribution is 2.21. The van der Waals surface area contributed by atoms with E-state index in [0.717, 1.165) is 11.3 Å². The second kappa shape index (κ2) is 8.97. The Hall–Kier alpha value is -2.68. The van der Waals surface area contributed by atoms with Crippen LogP contribution in [0.1, 0.15) is 13.3 Å². The maximum Gasteiger partial charge on any atom is 0.239 e. The first-order valence-corrected chi connectivity index (χ1v) is 8.29. The third kappa shape index (κ3) is 5.15. The molecule has 0 spiro atoms. The number of methoxy groups -OCH3 is 1. The molecule has 0 aliphatic heterocycles. The summed E-state index contributed by atoms with van der Waals surface area (Å²) in [6, 6.07) is 7.40. The van der Waals surface area contributed by atoms with Crippen LogP contribution in [0.3, 0.4) is 0 Å². The molecule has 0 atom stereocenters. The summed E-state index contributed by atoms with van der Waals surface area (Å²) in [5.41, 5.74) is 0.857. The Bertz CT molecular complexity index is 782. The van der Waals surface area contributed by atoms with Crippen LogP contribution in [-0.4, -0.2) is 46.8 Å².